The smallest absolute Gasteiger partial charge is 0.127 e. The molecule has 0 fully saturated rings. The molecule has 0 unspecified atom stereocenters. The molecule has 0 aliphatic rings. The first kappa shape index (κ1) is 15.8. The molecule has 2 aromatic rings. The summed E-state index contributed by atoms with van der Waals surface area (Å²) < 4.78 is 5.87. The minimum Gasteiger partial charge on any atom is -0.493 e. The van der Waals surface area contributed by atoms with Crippen LogP contribution in [0.3, 0.4) is 0 Å². The molecule has 0 atom stereocenters. The lowest BCUT2D eigenvalue weighted by Gasteiger charge is -2.12. The van der Waals surface area contributed by atoms with Crippen molar-refractivity contribution in [1.29, 1.82) is 0 Å². The molecular weight excluding hydrogens is 286 g/mol. The number of aliphatic hydroxyl groups excluding tert-OH is 1. The molecule has 3 nitrogen and oxygen atoms in total. The molecule has 0 spiro atoms. The SMILES string of the molecule is OCCNCCCOc1ccc(Cl)cc1-c1ccccc1. The molecule has 112 valence electrons. The highest BCUT2D eigenvalue weighted by Crippen LogP contribution is 2.32. The van der Waals surface area contributed by atoms with Crippen LogP contribution in [0.15, 0.2) is 48.5 Å². The van der Waals surface area contributed by atoms with Gasteiger partial charge in [0.2, 0.25) is 0 Å². The van der Waals surface area contributed by atoms with Crippen LogP contribution < -0.4 is 10.1 Å². The van der Waals surface area contributed by atoms with Gasteiger partial charge >= 0.3 is 0 Å². The van der Waals surface area contributed by atoms with Gasteiger partial charge in [0.05, 0.1) is 13.2 Å². The first-order valence-corrected chi connectivity index (χ1v) is 7.48. The van der Waals surface area contributed by atoms with Gasteiger partial charge in [-0.15, -0.1) is 0 Å². The van der Waals surface area contributed by atoms with E-state index >= 15 is 0 Å². The third-order valence-corrected chi connectivity index (χ3v) is 3.31. The van der Waals surface area contributed by atoms with E-state index in [2.05, 4.69) is 5.32 Å². The van der Waals surface area contributed by atoms with Crippen molar-refractivity contribution in [3.63, 3.8) is 0 Å². The number of ether oxygens (including phenoxy) is 1. The highest BCUT2D eigenvalue weighted by Gasteiger charge is 2.07. The summed E-state index contributed by atoms with van der Waals surface area (Å²) in [6, 6.07) is 15.7. The van der Waals surface area contributed by atoms with E-state index in [0.717, 1.165) is 29.8 Å². The second kappa shape index (κ2) is 8.67. The average Bonchev–Trinajstić information content (AvgIpc) is 2.53. The van der Waals surface area contributed by atoms with Gasteiger partial charge in [0.15, 0.2) is 0 Å². The summed E-state index contributed by atoms with van der Waals surface area (Å²) in [6.45, 7) is 2.24. The van der Waals surface area contributed by atoms with Gasteiger partial charge in [-0.25, -0.2) is 0 Å². The Morgan fingerprint density at radius 1 is 1.05 bits per heavy atom. The summed E-state index contributed by atoms with van der Waals surface area (Å²) >= 11 is 6.10. The Morgan fingerprint density at radius 2 is 1.86 bits per heavy atom. The quantitative estimate of drug-likeness (QED) is 0.735. The Kier molecular flexibility index (Phi) is 6.54. The average molecular weight is 306 g/mol. The minimum absolute atomic E-state index is 0.163. The predicted octanol–water partition coefficient (Wildman–Crippen LogP) is 3.36. The number of halogens is 1. The van der Waals surface area contributed by atoms with Gasteiger partial charge in [0.1, 0.15) is 5.75 Å². The fourth-order valence-corrected chi connectivity index (χ4v) is 2.23. The molecule has 0 saturated heterocycles. The normalized spacial score (nSPS) is 10.6. The van der Waals surface area contributed by atoms with Crippen LogP contribution in [0.25, 0.3) is 11.1 Å². The van der Waals surface area contributed by atoms with Gasteiger partial charge in [0, 0.05) is 17.1 Å². The van der Waals surface area contributed by atoms with Crippen LogP contribution in [0.1, 0.15) is 6.42 Å². The fourth-order valence-electron chi connectivity index (χ4n) is 2.05. The van der Waals surface area contributed by atoms with E-state index in [-0.39, 0.29) is 6.61 Å². The maximum Gasteiger partial charge on any atom is 0.127 e. The highest BCUT2D eigenvalue weighted by atomic mass is 35.5. The Hall–Kier alpha value is -1.55. The van der Waals surface area contributed by atoms with E-state index in [0.29, 0.717) is 18.2 Å². The Morgan fingerprint density at radius 3 is 2.62 bits per heavy atom. The highest BCUT2D eigenvalue weighted by molar-refractivity contribution is 6.31. The van der Waals surface area contributed by atoms with Gasteiger partial charge in [-0.2, -0.15) is 0 Å². The van der Waals surface area contributed by atoms with Crippen molar-refractivity contribution in [2.45, 2.75) is 6.42 Å². The second-order valence-corrected chi connectivity index (χ2v) is 5.12. The zero-order chi connectivity index (χ0) is 14.9. The Labute approximate surface area is 130 Å². The maximum absolute atomic E-state index is 8.68. The molecule has 0 amide bonds. The lowest BCUT2D eigenvalue weighted by Crippen LogP contribution is -2.20. The summed E-state index contributed by atoms with van der Waals surface area (Å²) in [6.07, 6.45) is 0.886. The van der Waals surface area contributed by atoms with Crippen LogP contribution in [0, 0.1) is 0 Å². The summed E-state index contributed by atoms with van der Waals surface area (Å²) in [5.41, 5.74) is 2.10. The molecule has 0 aliphatic carbocycles. The van der Waals surface area contributed by atoms with Gasteiger partial charge in [-0.1, -0.05) is 41.9 Å². The van der Waals surface area contributed by atoms with E-state index in [9.17, 15) is 0 Å². The zero-order valence-corrected chi connectivity index (χ0v) is 12.6. The lowest BCUT2D eigenvalue weighted by molar-refractivity contribution is 0.282. The first-order valence-electron chi connectivity index (χ1n) is 7.10. The number of benzene rings is 2. The minimum atomic E-state index is 0.163. The molecule has 4 heteroatoms. The molecule has 21 heavy (non-hydrogen) atoms. The summed E-state index contributed by atoms with van der Waals surface area (Å²) in [4.78, 5) is 0. The van der Waals surface area contributed by atoms with Crippen molar-refractivity contribution in [2.24, 2.45) is 0 Å². The molecule has 0 aromatic heterocycles. The summed E-state index contributed by atoms with van der Waals surface area (Å²) in [7, 11) is 0. The van der Waals surface area contributed by atoms with Crippen molar-refractivity contribution < 1.29 is 9.84 Å². The molecule has 0 aliphatic heterocycles. The van der Waals surface area contributed by atoms with E-state index in [1.165, 1.54) is 0 Å². The topological polar surface area (TPSA) is 41.5 Å². The number of nitrogens with one attached hydrogen (secondary N) is 1. The van der Waals surface area contributed by atoms with Crippen LogP contribution in [-0.2, 0) is 0 Å². The number of rotatable bonds is 8. The Balaban J connectivity index is 1.99. The summed E-state index contributed by atoms with van der Waals surface area (Å²) in [5.74, 6) is 0.841. The molecule has 0 bridgehead atoms. The van der Waals surface area contributed by atoms with Crippen molar-refractivity contribution in [3.05, 3.63) is 53.6 Å². The third kappa shape index (κ3) is 5.05. The summed E-state index contributed by atoms with van der Waals surface area (Å²) in [5, 5.41) is 12.5. The van der Waals surface area contributed by atoms with Crippen molar-refractivity contribution in [3.8, 4) is 16.9 Å². The number of aliphatic hydroxyl groups is 1. The van der Waals surface area contributed by atoms with Crippen molar-refractivity contribution in [1.82, 2.24) is 5.32 Å². The molecule has 2 aromatic carbocycles. The van der Waals surface area contributed by atoms with E-state index in [1.807, 2.05) is 48.5 Å². The lowest BCUT2D eigenvalue weighted by atomic mass is 10.0. The van der Waals surface area contributed by atoms with Crippen molar-refractivity contribution in [2.75, 3.05) is 26.3 Å². The molecule has 2 N–H and O–H groups in total. The monoisotopic (exact) mass is 305 g/mol. The van der Waals surface area contributed by atoms with Crippen LogP contribution >= 0.6 is 11.6 Å². The standard InChI is InChI=1S/C17H20ClNO2/c18-15-7-8-17(21-12-4-9-19-10-11-20)16(13-15)14-5-2-1-3-6-14/h1-3,5-8,13,19-20H,4,9-12H2. The fraction of sp³-hybridized carbons (Fsp3) is 0.294. The van der Waals surface area contributed by atoms with Gasteiger partial charge in [0.25, 0.3) is 0 Å². The second-order valence-electron chi connectivity index (χ2n) is 4.68. The van der Waals surface area contributed by atoms with Crippen LogP contribution in [0.2, 0.25) is 5.02 Å². The molecule has 0 radical (unpaired) electrons. The predicted molar refractivity (Wildman–Crippen MR) is 87.0 cm³/mol. The first-order chi connectivity index (χ1) is 10.3. The van der Waals surface area contributed by atoms with E-state index in [4.69, 9.17) is 21.4 Å². The van der Waals surface area contributed by atoms with Crippen LogP contribution in [0.5, 0.6) is 5.75 Å². The third-order valence-electron chi connectivity index (χ3n) is 3.07. The molecule has 0 heterocycles. The molecule has 2 rings (SSSR count). The van der Waals surface area contributed by atoms with Gasteiger partial charge < -0.3 is 15.2 Å². The van der Waals surface area contributed by atoms with Gasteiger partial charge in [-0.3, -0.25) is 0 Å². The Bertz CT molecular complexity index is 546. The van der Waals surface area contributed by atoms with E-state index < -0.39 is 0 Å². The zero-order valence-electron chi connectivity index (χ0n) is 11.9. The van der Waals surface area contributed by atoms with Crippen molar-refractivity contribution >= 4 is 11.6 Å². The molecule has 0 saturated carbocycles. The van der Waals surface area contributed by atoms with Crippen LogP contribution in [0.4, 0.5) is 0 Å². The number of hydrogen-bond acceptors (Lipinski definition) is 3. The van der Waals surface area contributed by atoms with Crippen LogP contribution in [-0.4, -0.2) is 31.4 Å². The maximum atomic E-state index is 8.68. The van der Waals surface area contributed by atoms with E-state index in [1.54, 1.807) is 0 Å². The van der Waals surface area contributed by atoms with Gasteiger partial charge in [-0.05, 0) is 36.7 Å². The molecular formula is C17H20ClNO2. The number of hydrogen-bond donors (Lipinski definition) is 2. The largest absolute Gasteiger partial charge is 0.493 e.